The van der Waals surface area contributed by atoms with Crippen LogP contribution in [0.25, 0.3) is 0 Å². The van der Waals surface area contributed by atoms with Crippen molar-refractivity contribution in [2.45, 2.75) is 18.7 Å². The minimum absolute atomic E-state index is 0.267. The Morgan fingerprint density at radius 2 is 1.81 bits per heavy atom. The van der Waals surface area contributed by atoms with Gasteiger partial charge >= 0.3 is 6.18 Å². The van der Waals surface area contributed by atoms with E-state index in [9.17, 15) is 22.7 Å². The molecule has 0 unspecified atom stereocenters. The number of alkyl halides is 3. The maximum absolute atomic E-state index is 13.8. The highest BCUT2D eigenvalue weighted by molar-refractivity contribution is 5.40. The van der Waals surface area contributed by atoms with Crippen LogP contribution in [-0.2, 0) is 6.18 Å². The van der Waals surface area contributed by atoms with Crippen LogP contribution in [0.3, 0.4) is 0 Å². The Kier molecular flexibility index (Phi) is 5.96. The Morgan fingerprint density at radius 3 is 2.48 bits per heavy atom. The highest BCUT2D eigenvalue weighted by Crippen LogP contribution is 2.29. The molecule has 27 heavy (non-hydrogen) atoms. The number of benzene rings is 1. The molecule has 1 atom stereocenters. The monoisotopic (exact) mass is 383 g/mol. The Balaban J connectivity index is 1.60. The smallest absolute Gasteiger partial charge is 0.387 e. The summed E-state index contributed by atoms with van der Waals surface area (Å²) in [5.41, 5.74) is -0.501. The first-order valence-electron chi connectivity index (χ1n) is 8.77. The number of hydrogen-bond acceptors (Lipinski definition) is 4. The summed E-state index contributed by atoms with van der Waals surface area (Å²) in [5, 5.41) is 10.3. The normalized spacial score (nSPS) is 17.6. The van der Waals surface area contributed by atoms with Gasteiger partial charge in [0.15, 0.2) is 0 Å². The summed E-state index contributed by atoms with van der Waals surface area (Å²) in [6.07, 6.45) is -3.71. The van der Waals surface area contributed by atoms with Crippen molar-refractivity contribution >= 4 is 5.82 Å². The molecule has 1 aromatic heterocycles. The van der Waals surface area contributed by atoms with Crippen LogP contribution >= 0.6 is 0 Å². The minimum Gasteiger partial charge on any atom is -0.387 e. The molecular weight excluding hydrogens is 362 g/mol. The van der Waals surface area contributed by atoms with E-state index in [0.29, 0.717) is 38.5 Å². The fourth-order valence-corrected chi connectivity index (χ4v) is 3.21. The van der Waals surface area contributed by atoms with Crippen molar-refractivity contribution < 1.29 is 22.7 Å². The first-order chi connectivity index (χ1) is 12.8. The van der Waals surface area contributed by atoms with Gasteiger partial charge in [-0.05, 0) is 24.6 Å². The van der Waals surface area contributed by atoms with Crippen molar-refractivity contribution in [1.29, 1.82) is 0 Å². The second-order valence-electron chi connectivity index (χ2n) is 6.58. The summed E-state index contributed by atoms with van der Waals surface area (Å²) in [6.45, 7) is 2.85. The number of β-amino-alcohol motifs (C(OH)–C–C–N with tert-alkyl or cyclic N) is 1. The van der Waals surface area contributed by atoms with E-state index in [0.717, 1.165) is 18.7 Å². The van der Waals surface area contributed by atoms with Gasteiger partial charge in [0.25, 0.3) is 0 Å². The standard InChI is InChI=1S/C19H21F4N3O/c20-16-5-2-1-4-15(16)17(27)13-25-8-3-9-26(11-10-25)18-7-6-14(12-24-18)19(21,22)23/h1-2,4-7,12,17,27H,3,8-11,13H2/t17-/m1/s1. The second-order valence-corrected chi connectivity index (χ2v) is 6.58. The molecule has 4 nitrogen and oxygen atoms in total. The number of halogens is 4. The van der Waals surface area contributed by atoms with Gasteiger partial charge in [0, 0.05) is 44.5 Å². The van der Waals surface area contributed by atoms with Gasteiger partial charge in [-0.1, -0.05) is 18.2 Å². The average Bonchev–Trinajstić information content (AvgIpc) is 2.87. The van der Waals surface area contributed by atoms with Crippen LogP contribution in [0, 0.1) is 5.82 Å². The molecule has 0 saturated carbocycles. The number of aromatic nitrogens is 1. The second kappa shape index (κ2) is 8.22. The number of rotatable bonds is 4. The first-order valence-corrected chi connectivity index (χ1v) is 8.77. The van der Waals surface area contributed by atoms with Crippen molar-refractivity contribution in [2.75, 3.05) is 37.6 Å². The van der Waals surface area contributed by atoms with Crippen LogP contribution in [0.5, 0.6) is 0 Å². The first kappa shape index (κ1) is 19.6. The van der Waals surface area contributed by atoms with Crippen LogP contribution in [0.15, 0.2) is 42.6 Å². The molecule has 0 radical (unpaired) electrons. The minimum atomic E-state index is -4.40. The number of pyridine rings is 1. The highest BCUT2D eigenvalue weighted by atomic mass is 19.4. The summed E-state index contributed by atoms with van der Waals surface area (Å²) in [6, 6.07) is 8.56. The van der Waals surface area contributed by atoms with E-state index in [2.05, 4.69) is 4.98 Å². The lowest BCUT2D eigenvalue weighted by Gasteiger charge is -2.25. The number of hydrogen-bond donors (Lipinski definition) is 1. The Bertz CT molecular complexity index is 751. The molecule has 1 aromatic carbocycles. The molecule has 146 valence electrons. The Hall–Kier alpha value is -2.19. The molecule has 0 bridgehead atoms. The lowest BCUT2D eigenvalue weighted by atomic mass is 10.1. The zero-order chi connectivity index (χ0) is 19.4. The van der Waals surface area contributed by atoms with E-state index >= 15 is 0 Å². The number of aliphatic hydroxyl groups excluding tert-OH is 1. The lowest BCUT2D eigenvalue weighted by molar-refractivity contribution is -0.137. The third-order valence-electron chi connectivity index (χ3n) is 4.68. The highest BCUT2D eigenvalue weighted by Gasteiger charge is 2.31. The van der Waals surface area contributed by atoms with Crippen LogP contribution in [-0.4, -0.2) is 47.7 Å². The van der Waals surface area contributed by atoms with Crippen molar-refractivity contribution in [1.82, 2.24) is 9.88 Å². The molecule has 0 spiro atoms. The van der Waals surface area contributed by atoms with Gasteiger partial charge in [-0.2, -0.15) is 13.2 Å². The van der Waals surface area contributed by atoms with Crippen LogP contribution < -0.4 is 4.90 Å². The van der Waals surface area contributed by atoms with Gasteiger partial charge in [0.05, 0.1) is 11.7 Å². The van der Waals surface area contributed by atoms with Gasteiger partial charge in [-0.3, -0.25) is 4.90 Å². The van der Waals surface area contributed by atoms with E-state index in [-0.39, 0.29) is 5.56 Å². The zero-order valence-electron chi connectivity index (χ0n) is 14.7. The summed E-state index contributed by atoms with van der Waals surface area (Å²) in [4.78, 5) is 7.90. The van der Waals surface area contributed by atoms with Crippen molar-refractivity contribution in [2.24, 2.45) is 0 Å². The average molecular weight is 383 g/mol. The molecular formula is C19H21F4N3O. The zero-order valence-corrected chi connectivity index (χ0v) is 14.7. The number of aliphatic hydroxyl groups is 1. The van der Waals surface area contributed by atoms with Crippen LogP contribution in [0.2, 0.25) is 0 Å². The van der Waals surface area contributed by atoms with E-state index in [1.165, 1.54) is 12.1 Å². The summed E-state index contributed by atoms with van der Waals surface area (Å²) in [7, 11) is 0. The van der Waals surface area contributed by atoms with Gasteiger partial charge < -0.3 is 10.0 Å². The molecule has 1 saturated heterocycles. The molecule has 2 aromatic rings. The van der Waals surface area contributed by atoms with Crippen molar-refractivity contribution in [3.63, 3.8) is 0 Å². The summed E-state index contributed by atoms with van der Waals surface area (Å²) < 4.78 is 51.8. The molecule has 1 fully saturated rings. The molecule has 8 heteroatoms. The molecule has 2 heterocycles. The fraction of sp³-hybridized carbons (Fsp3) is 0.421. The van der Waals surface area contributed by atoms with Gasteiger partial charge in [0.2, 0.25) is 0 Å². The quantitative estimate of drug-likeness (QED) is 0.821. The number of nitrogens with zero attached hydrogens (tertiary/aromatic N) is 3. The third kappa shape index (κ3) is 4.95. The third-order valence-corrected chi connectivity index (χ3v) is 4.68. The van der Waals surface area contributed by atoms with Crippen LogP contribution in [0.1, 0.15) is 23.7 Å². The Morgan fingerprint density at radius 1 is 1.04 bits per heavy atom. The van der Waals surface area contributed by atoms with Gasteiger partial charge in [-0.25, -0.2) is 9.37 Å². The predicted molar refractivity (Wildman–Crippen MR) is 93.9 cm³/mol. The van der Waals surface area contributed by atoms with Crippen molar-refractivity contribution in [3.05, 3.63) is 59.5 Å². The molecule has 1 N–H and O–H groups in total. The predicted octanol–water partition coefficient (Wildman–Crippen LogP) is 3.49. The summed E-state index contributed by atoms with van der Waals surface area (Å²) >= 11 is 0. The van der Waals surface area contributed by atoms with E-state index < -0.39 is 23.7 Å². The molecule has 0 aliphatic carbocycles. The van der Waals surface area contributed by atoms with E-state index in [1.54, 1.807) is 18.2 Å². The topological polar surface area (TPSA) is 39.6 Å². The fourth-order valence-electron chi connectivity index (χ4n) is 3.21. The van der Waals surface area contributed by atoms with E-state index in [4.69, 9.17) is 0 Å². The van der Waals surface area contributed by atoms with Gasteiger partial charge in [-0.15, -0.1) is 0 Å². The molecule has 1 aliphatic rings. The largest absolute Gasteiger partial charge is 0.417 e. The number of anilines is 1. The molecule has 0 amide bonds. The van der Waals surface area contributed by atoms with E-state index in [1.807, 2.05) is 9.80 Å². The summed E-state index contributed by atoms with van der Waals surface area (Å²) in [5.74, 6) is 0.0647. The Labute approximate surface area is 155 Å². The SMILES string of the molecule is O[C@H](CN1CCCN(c2ccc(C(F)(F)F)cn2)CC1)c1ccccc1F. The maximum Gasteiger partial charge on any atom is 0.417 e. The van der Waals surface area contributed by atoms with Gasteiger partial charge in [0.1, 0.15) is 11.6 Å². The molecule has 1 aliphatic heterocycles. The maximum atomic E-state index is 13.8. The molecule has 3 rings (SSSR count). The van der Waals surface area contributed by atoms with Crippen LogP contribution in [0.4, 0.5) is 23.4 Å². The lowest BCUT2D eigenvalue weighted by Crippen LogP contribution is -2.34. The van der Waals surface area contributed by atoms with Crippen molar-refractivity contribution in [3.8, 4) is 0 Å².